The van der Waals surface area contributed by atoms with Crippen LogP contribution in [0.15, 0.2) is 16.6 Å². The predicted octanol–water partition coefficient (Wildman–Crippen LogP) is 2.19. The summed E-state index contributed by atoms with van der Waals surface area (Å²) < 4.78 is 10.6. The molecule has 0 aromatic carbocycles. The predicted molar refractivity (Wildman–Crippen MR) is 101 cm³/mol. The highest BCUT2D eigenvalue weighted by Crippen LogP contribution is 2.11. The number of aliphatic imine (C=N–C) groups is 1. The van der Waals surface area contributed by atoms with Crippen molar-refractivity contribution in [1.82, 2.24) is 16.0 Å². The molecule has 0 bridgehead atoms. The Labute approximate surface area is 151 Å². The van der Waals surface area contributed by atoms with Crippen molar-refractivity contribution in [2.45, 2.75) is 58.6 Å². The van der Waals surface area contributed by atoms with Crippen LogP contribution in [-0.2, 0) is 9.47 Å². The summed E-state index contributed by atoms with van der Waals surface area (Å²) in [5, 5.41) is 9.40. The fourth-order valence-electron chi connectivity index (χ4n) is 2.28. The van der Waals surface area contributed by atoms with E-state index in [4.69, 9.17) is 9.47 Å². The number of nitrogens with one attached hydrogen (secondary N) is 3. The van der Waals surface area contributed by atoms with Gasteiger partial charge in [-0.25, -0.2) is 4.79 Å². The Morgan fingerprint density at radius 1 is 1.28 bits per heavy atom. The van der Waals surface area contributed by atoms with Crippen molar-refractivity contribution in [2.24, 2.45) is 4.99 Å². The van der Waals surface area contributed by atoms with Crippen LogP contribution in [0.4, 0.5) is 4.79 Å². The fourth-order valence-corrected chi connectivity index (χ4v) is 2.28. The summed E-state index contributed by atoms with van der Waals surface area (Å²) in [5.41, 5.74) is 0.439. The molecule has 1 amide bonds. The van der Waals surface area contributed by atoms with E-state index in [1.165, 1.54) is 5.57 Å². The zero-order valence-electron chi connectivity index (χ0n) is 16.5. The molecule has 1 rings (SSSR count). The first-order valence-electron chi connectivity index (χ1n) is 8.83. The van der Waals surface area contributed by atoms with Gasteiger partial charge in [-0.3, -0.25) is 4.99 Å². The fraction of sp³-hybridized carbons (Fsp3) is 0.778. The third-order valence-electron chi connectivity index (χ3n) is 3.56. The van der Waals surface area contributed by atoms with Gasteiger partial charge in [-0.2, -0.15) is 0 Å². The molecule has 0 fully saturated rings. The van der Waals surface area contributed by atoms with Gasteiger partial charge in [-0.15, -0.1) is 0 Å². The van der Waals surface area contributed by atoms with Crippen LogP contribution in [0, 0.1) is 0 Å². The molecule has 0 unspecified atom stereocenters. The maximum Gasteiger partial charge on any atom is 0.408 e. The smallest absolute Gasteiger partial charge is 0.408 e. The molecule has 0 aromatic rings. The van der Waals surface area contributed by atoms with Gasteiger partial charge >= 0.3 is 6.09 Å². The Bertz CT molecular complexity index is 493. The molecule has 144 valence electrons. The molecule has 7 nitrogen and oxygen atoms in total. The number of hydrogen-bond donors (Lipinski definition) is 3. The summed E-state index contributed by atoms with van der Waals surface area (Å²) in [5.74, 6) is 0.715. The molecule has 1 heterocycles. The van der Waals surface area contributed by atoms with E-state index in [-0.39, 0.29) is 0 Å². The Hall–Kier alpha value is -1.76. The largest absolute Gasteiger partial charge is 0.444 e. The first-order valence-corrected chi connectivity index (χ1v) is 8.83. The molecule has 0 atom stereocenters. The molecule has 3 N–H and O–H groups in total. The van der Waals surface area contributed by atoms with Gasteiger partial charge < -0.3 is 25.4 Å². The molecule has 1 aliphatic heterocycles. The number of ether oxygens (including phenoxy) is 2. The molecule has 7 heteroatoms. The van der Waals surface area contributed by atoms with Crippen molar-refractivity contribution in [1.29, 1.82) is 0 Å². The van der Waals surface area contributed by atoms with E-state index in [1.807, 2.05) is 34.6 Å². The second-order valence-electron chi connectivity index (χ2n) is 7.80. The average molecular weight is 354 g/mol. The van der Waals surface area contributed by atoms with E-state index in [0.29, 0.717) is 19.1 Å². The number of carbonyl (C=O) groups is 1. The van der Waals surface area contributed by atoms with Gasteiger partial charge in [0.25, 0.3) is 0 Å². The van der Waals surface area contributed by atoms with Gasteiger partial charge in [0, 0.05) is 20.1 Å². The number of rotatable bonds is 6. The van der Waals surface area contributed by atoms with Crippen LogP contribution in [0.25, 0.3) is 0 Å². The first kappa shape index (κ1) is 21.3. The lowest BCUT2D eigenvalue weighted by molar-refractivity contribution is 0.0474. The van der Waals surface area contributed by atoms with Gasteiger partial charge in [0.15, 0.2) is 5.96 Å². The Morgan fingerprint density at radius 2 is 2.00 bits per heavy atom. The molecular weight excluding hydrogens is 320 g/mol. The minimum atomic E-state index is -0.510. The van der Waals surface area contributed by atoms with Crippen LogP contribution in [0.1, 0.15) is 47.5 Å². The SMILES string of the molecule is CN=C(NCCC1=CCOCC1)NCC(C)(C)NC(=O)OC(C)(C)C. The zero-order chi connectivity index (χ0) is 18.9. The van der Waals surface area contributed by atoms with Crippen molar-refractivity contribution >= 4 is 12.1 Å². The molecule has 0 saturated carbocycles. The van der Waals surface area contributed by atoms with E-state index < -0.39 is 17.2 Å². The third kappa shape index (κ3) is 9.96. The van der Waals surface area contributed by atoms with Crippen LogP contribution in [0.5, 0.6) is 0 Å². The summed E-state index contributed by atoms with van der Waals surface area (Å²) in [4.78, 5) is 16.1. The summed E-state index contributed by atoms with van der Waals surface area (Å²) >= 11 is 0. The second-order valence-corrected chi connectivity index (χ2v) is 7.80. The number of guanidine groups is 1. The first-order chi connectivity index (χ1) is 11.6. The maximum atomic E-state index is 11.9. The molecule has 0 radical (unpaired) electrons. The highest BCUT2D eigenvalue weighted by atomic mass is 16.6. The minimum absolute atomic E-state index is 0.422. The zero-order valence-corrected chi connectivity index (χ0v) is 16.5. The highest BCUT2D eigenvalue weighted by Gasteiger charge is 2.24. The normalized spacial score (nSPS) is 16.1. The van der Waals surface area contributed by atoms with Crippen molar-refractivity contribution in [3.63, 3.8) is 0 Å². The summed E-state index contributed by atoms with van der Waals surface area (Å²) in [6, 6.07) is 0. The van der Waals surface area contributed by atoms with Crippen LogP contribution >= 0.6 is 0 Å². The van der Waals surface area contributed by atoms with Crippen LogP contribution in [0.2, 0.25) is 0 Å². The van der Waals surface area contributed by atoms with E-state index in [0.717, 1.165) is 26.0 Å². The summed E-state index contributed by atoms with van der Waals surface area (Å²) in [7, 11) is 1.73. The monoisotopic (exact) mass is 354 g/mol. The quantitative estimate of drug-likeness (QED) is 0.387. The van der Waals surface area contributed by atoms with Gasteiger partial charge in [0.2, 0.25) is 0 Å². The Kier molecular flexibility index (Phi) is 8.22. The molecule has 25 heavy (non-hydrogen) atoms. The minimum Gasteiger partial charge on any atom is -0.444 e. The summed E-state index contributed by atoms with van der Waals surface area (Å²) in [6.07, 6.45) is 3.70. The molecule has 0 aliphatic carbocycles. The van der Waals surface area contributed by atoms with Crippen molar-refractivity contribution in [3.05, 3.63) is 11.6 Å². The lowest BCUT2D eigenvalue weighted by Crippen LogP contribution is -2.54. The van der Waals surface area contributed by atoms with E-state index in [9.17, 15) is 4.79 Å². The highest BCUT2D eigenvalue weighted by molar-refractivity contribution is 5.79. The molecular formula is C18H34N4O3. The standard InChI is InChI=1S/C18H34N4O3/c1-17(2,3)25-16(23)22-18(4,5)13-21-15(19-6)20-10-7-14-8-11-24-12-9-14/h8H,7,9-13H2,1-6H3,(H,22,23)(H2,19,20,21). The molecule has 0 saturated heterocycles. The number of nitrogens with zero attached hydrogens (tertiary/aromatic N) is 1. The number of alkyl carbamates (subject to hydrolysis) is 1. The second kappa shape index (κ2) is 9.65. The Balaban J connectivity index is 2.34. The van der Waals surface area contributed by atoms with Crippen molar-refractivity contribution in [2.75, 3.05) is 33.4 Å². The van der Waals surface area contributed by atoms with Gasteiger partial charge in [0.05, 0.1) is 18.8 Å². The van der Waals surface area contributed by atoms with Gasteiger partial charge in [-0.05, 0) is 47.5 Å². The average Bonchev–Trinajstić information content (AvgIpc) is 2.49. The van der Waals surface area contributed by atoms with Crippen LogP contribution in [-0.4, -0.2) is 56.5 Å². The maximum absolute atomic E-state index is 11.9. The molecule has 0 spiro atoms. The Morgan fingerprint density at radius 3 is 2.56 bits per heavy atom. The van der Waals surface area contributed by atoms with Crippen LogP contribution in [0.3, 0.4) is 0 Å². The van der Waals surface area contributed by atoms with E-state index >= 15 is 0 Å². The van der Waals surface area contributed by atoms with Crippen LogP contribution < -0.4 is 16.0 Å². The molecule has 1 aliphatic rings. The lowest BCUT2D eigenvalue weighted by Gasteiger charge is -2.29. The van der Waals surface area contributed by atoms with Crippen molar-refractivity contribution < 1.29 is 14.3 Å². The van der Waals surface area contributed by atoms with Gasteiger partial charge in [0.1, 0.15) is 5.60 Å². The van der Waals surface area contributed by atoms with Gasteiger partial charge in [-0.1, -0.05) is 11.6 Å². The summed E-state index contributed by atoms with van der Waals surface area (Å²) in [6.45, 7) is 12.3. The van der Waals surface area contributed by atoms with E-state index in [1.54, 1.807) is 7.05 Å². The third-order valence-corrected chi connectivity index (χ3v) is 3.56. The number of hydrogen-bond acceptors (Lipinski definition) is 4. The molecule has 0 aromatic heterocycles. The topological polar surface area (TPSA) is 84.0 Å². The number of carbonyl (C=O) groups excluding carboxylic acids is 1. The van der Waals surface area contributed by atoms with E-state index in [2.05, 4.69) is 27.0 Å². The van der Waals surface area contributed by atoms with Crippen molar-refractivity contribution in [3.8, 4) is 0 Å². The lowest BCUT2D eigenvalue weighted by atomic mass is 10.1. The number of amides is 1.